The summed E-state index contributed by atoms with van der Waals surface area (Å²) in [5.41, 5.74) is 0.922. The first-order valence-corrected chi connectivity index (χ1v) is 15.3. The monoisotopic (exact) mass is 641 g/mol. The summed E-state index contributed by atoms with van der Waals surface area (Å²) in [6.07, 6.45) is -2.13. The zero-order valence-corrected chi connectivity index (χ0v) is 24.5. The third kappa shape index (κ3) is 5.41. The first-order valence-electron chi connectivity index (χ1n) is 14.0. The number of hydrogen-bond acceptors (Lipinski definition) is 12. The second kappa shape index (κ2) is 11.9. The average Bonchev–Trinajstić information content (AvgIpc) is 3.75. The lowest BCUT2D eigenvalue weighted by Gasteiger charge is -2.21. The highest BCUT2D eigenvalue weighted by atomic mass is 32.3. The van der Waals surface area contributed by atoms with Crippen molar-refractivity contribution in [2.45, 2.75) is 24.5 Å². The zero-order chi connectivity index (χ0) is 31.8. The third-order valence-corrected chi connectivity index (χ3v) is 8.32. The van der Waals surface area contributed by atoms with Gasteiger partial charge in [-0.2, -0.15) is 8.42 Å². The van der Waals surface area contributed by atoms with E-state index in [1.165, 1.54) is 10.9 Å². The summed E-state index contributed by atoms with van der Waals surface area (Å²) in [5, 5.41) is 0. The second-order valence-corrected chi connectivity index (χ2v) is 11.5. The van der Waals surface area contributed by atoms with Crippen LogP contribution in [0.4, 0.5) is 5.82 Å². The molecular weight excluding hydrogens is 618 g/mol. The van der Waals surface area contributed by atoms with Crippen molar-refractivity contribution in [1.82, 2.24) is 19.5 Å². The van der Waals surface area contributed by atoms with Gasteiger partial charge in [-0.25, -0.2) is 33.0 Å². The van der Waals surface area contributed by atoms with Crippen LogP contribution in [0, 0.1) is 0 Å². The second-order valence-electron chi connectivity index (χ2n) is 10.3. The maximum atomic E-state index is 13.8. The van der Waals surface area contributed by atoms with Crippen molar-refractivity contribution < 1.29 is 40.6 Å². The molecule has 0 radical (unpaired) electrons. The van der Waals surface area contributed by atoms with E-state index in [0.29, 0.717) is 5.56 Å². The number of fused-ring (bicyclic) bond motifs is 2. The summed E-state index contributed by atoms with van der Waals surface area (Å²) in [6.45, 7) is -0.345. The van der Waals surface area contributed by atoms with Crippen LogP contribution in [0.2, 0.25) is 0 Å². The fourth-order valence-electron chi connectivity index (χ4n) is 5.29. The Labute approximate surface area is 261 Å². The molecule has 4 heterocycles. The van der Waals surface area contributed by atoms with Crippen molar-refractivity contribution >= 4 is 45.2 Å². The van der Waals surface area contributed by atoms with Gasteiger partial charge in [-0.1, -0.05) is 54.6 Å². The molecule has 2 aromatic heterocycles. The molecule has 0 unspecified atom stereocenters. The Morgan fingerprint density at radius 1 is 0.761 bits per heavy atom. The van der Waals surface area contributed by atoms with E-state index in [1.54, 1.807) is 91.0 Å². The molecule has 3 aromatic carbocycles. The number of esters is 1. The van der Waals surface area contributed by atoms with E-state index in [2.05, 4.69) is 15.0 Å². The standard InChI is InChI=1S/C31H23N5O9S/c37-28(19-10-4-1-5-11-19)36(29(38)20-12-6-2-7-13-20)27-23-26(32-17-33-27)35(18-34-23)30-25-24(44-46(40,41)45-25)22(43-30)16-42-31(39)21-14-8-3-9-15-21/h1-15,17-18,22,24-25,30H,16H2/t22-,24-,25-,30-/m1/s1. The topological polar surface area (TPSA) is 169 Å². The van der Waals surface area contributed by atoms with E-state index < -0.39 is 52.7 Å². The zero-order valence-electron chi connectivity index (χ0n) is 23.7. The van der Waals surface area contributed by atoms with Crippen molar-refractivity contribution in [2.75, 3.05) is 11.5 Å². The molecule has 2 saturated heterocycles. The summed E-state index contributed by atoms with van der Waals surface area (Å²) < 4.78 is 48.0. The Bertz CT molecular complexity index is 1990. The van der Waals surface area contributed by atoms with Crippen molar-refractivity contribution in [3.63, 3.8) is 0 Å². The fraction of sp³-hybridized carbons (Fsp3) is 0.161. The van der Waals surface area contributed by atoms with Gasteiger partial charge in [0.25, 0.3) is 11.8 Å². The van der Waals surface area contributed by atoms with E-state index in [9.17, 15) is 22.8 Å². The van der Waals surface area contributed by atoms with Crippen LogP contribution in [0.3, 0.4) is 0 Å². The Hall–Kier alpha value is -5.35. The number of imide groups is 1. The van der Waals surface area contributed by atoms with Crippen LogP contribution < -0.4 is 4.90 Å². The summed E-state index contributed by atoms with van der Waals surface area (Å²) in [6, 6.07) is 24.7. The highest BCUT2D eigenvalue weighted by Crippen LogP contribution is 2.41. The summed E-state index contributed by atoms with van der Waals surface area (Å²) in [5.74, 6) is -2.05. The lowest BCUT2D eigenvalue weighted by atomic mass is 10.1. The molecule has 7 rings (SSSR count). The number of rotatable bonds is 7. The molecule has 2 fully saturated rings. The van der Waals surface area contributed by atoms with Crippen LogP contribution >= 0.6 is 0 Å². The smallest absolute Gasteiger partial charge is 0.400 e. The van der Waals surface area contributed by atoms with Crippen LogP contribution in [-0.4, -0.2) is 70.6 Å². The van der Waals surface area contributed by atoms with E-state index in [-0.39, 0.29) is 34.7 Å². The molecule has 232 valence electrons. The van der Waals surface area contributed by atoms with Gasteiger partial charge >= 0.3 is 16.4 Å². The molecule has 14 nitrogen and oxygen atoms in total. The number of amides is 2. The van der Waals surface area contributed by atoms with Crippen molar-refractivity contribution in [3.8, 4) is 0 Å². The minimum atomic E-state index is -4.40. The molecular formula is C31H23N5O9S. The highest BCUT2D eigenvalue weighted by molar-refractivity contribution is 7.82. The van der Waals surface area contributed by atoms with E-state index in [1.807, 2.05) is 0 Å². The predicted octanol–water partition coefficient (Wildman–Crippen LogP) is 3.10. The van der Waals surface area contributed by atoms with Crippen LogP contribution in [0.5, 0.6) is 0 Å². The van der Waals surface area contributed by atoms with Crippen molar-refractivity contribution in [3.05, 3.63) is 120 Å². The normalized spacial score (nSPS) is 21.5. The Balaban J connectivity index is 1.24. The van der Waals surface area contributed by atoms with Crippen LogP contribution in [0.1, 0.15) is 37.3 Å². The minimum Gasteiger partial charge on any atom is -0.459 e. The highest BCUT2D eigenvalue weighted by Gasteiger charge is 2.57. The number of imidazole rings is 1. The number of carbonyl (C=O) groups excluding carboxylic acids is 3. The van der Waals surface area contributed by atoms with Gasteiger partial charge in [-0.3, -0.25) is 14.2 Å². The molecule has 0 N–H and O–H groups in total. The van der Waals surface area contributed by atoms with E-state index in [0.717, 1.165) is 11.2 Å². The van der Waals surface area contributed by atoms with Gasteiger partial charge in [-0.15, -0.1) is 0 Å². The van der Waals surface area contributed by atoms with Crippen LogP contribution in [0.25, 0.3) is 11.2 Å². The maximum Gasteiger partial charge on any atom is 0.400 e. The molecule has 15 heteroatoms. The fourth-order valence-corrected chi connectivity index (χ4v) is 6.32. The van der Waals surface area contributed by atoms with Gasteiger partial charge < -0.3 is 9.47 Å². The summed E-state index contributed by atoms with van der Waals surface area (Å²) in [4.78, 5) is 54.1. The molecule has 2 aliphatic rings. The van der Waals surface area contributed by atoms with E-state index >= 15 is 0 Å². The number of aromatic nitrogens is 4. The first-order chi connectivity index (χ1) is 22.3. The summed E-state index contributed by atoms with van der Waals surface area (Å²) >= 11 is 0. The molecule has 4 atom stereocenters. The number of benzene rings is 3. The summed E-state index contributed by atoms with van der Waals surface area (Å²) in [7, 11) is -4.40. The Morgan fingerprint density at radius 2 is 1.33 bits per heavy atom. The van der Waals surface area contributed by atoms with Gasteiger partial charge in [-0.05, 0) is 36.4 Å². The minimum absolute atomic E-state index is 0.0527. The van der Waals surface area contributed by atoms with Crippen LogP contribution in [-0.2, 0) is 28.2 Å². The van der Waals surface area contributed by atoms with Gasteiger partial charge in [0.15, 0.2) is 29.3 Å². The molecule has 0 spiro atoms. The molecule has 46 heavy (non-hydrogen) atoms. The molecule has 0 bridgehead atoms. The molecule has 0 saturated carbocycles. The first kappa shape index (κ1) is 29.4. The lowest BCUT2D eigenvalue weighted by Crippen LogP contribution is -2.38. The number of anilines is 1. The molecule has 2 amide bonds. The number of ether oxygens (including phenoxy) is 2. The maximum absolute atomic E-state index is 13.8. The quantitative estimate of drug-likeness (QED) is 0.188. The van der Waals surface area contributed by atoms with Crippen molar-refractivity contribution in [2.24, 2.45) is 0 Å². The van der Waals surface area contributed by atoms with Crippen LogP contribution in [0.15, 0.2) is 104 Å². The largest absolute Gasteiger partial charge is 0.459 e. The molecule has 0 aliphatic carbocycles. The Morgan fingerprint density at radius 3 is 1.93 bits per heavy atom. The SMILES string of the molecule is O=C(OC[C@H]1O[C@@H](n2cnc3c(N(C(=O)c4ccccc4)C(=O)c4ccccc4)ncnc32)[C@@H]2OS(=O)(=O)O[C@@H]21)c1ccccc1. The number of hydrogen-bond donors (Lipinski definition) is 0. The van der Waals surface area contributed by atoms with Crippen molar-refractivity contribution in [1.29, 1.82) is 0 Å². The molecule has 5 aromatic rings. The molecule has 2 aliphatic heterocycles. The number of nitrogens with zero attached hydrogens (tertiary/aromatic N) is 5. The van der Waals surface area contributed by atoms with E-state index in [4.69, 9.17) is 17.8 Å². The lowest BCUT2D eigenvalue weighted by molar-refractivity contribution is -0.0595. The number of carbonyl (C=O) groups is 3. The average molecular weight is 642 g/mol. The third-order valence-electron chi connectivity index (χ3n) is 7.40. The van der Waals surface area contributed by atoms with Gasteiger partial charge in [0.1, 0.15) is 25.1 Å². The van der Waals surface area contributed by atoms with Gasteiger partial charge in [0, 0.05) is 11.1 Å². The predicted molar refractivity (Wildman–Crippen MR) is 159 cm³/mol. The Kier molecular flexibility index (Phi) is 7.58. The van der Waals surface area contributed by atoms with Gasteiger partial charge in [0.2, 0.25) is 0 Å². The van der Waals surface area contributed by atoms with Gasteiger partial charge in [0.05, 0.1) is 11.9 Å².